The van der Waals surface area contributed by atoms with Crippen LogP contribution in [-0.2, 0) is 9.59 Å². The van der Waals surface area contributed by atoms with Crippen LogP contribution in [0.1, 0.15) is 44.5 Å². The standard InChI is InChI=1S/C17H23NO5/c1-5-10(2)15(17(21)22)18-16(20)12(4)23-14-8-6-7-13(9-14)11(3)19/h6-10,12,15H,5H2,1-4H3,(H,18,20)(H,21,22)/t10-,12-,15-/m0/s1. The summed E-state index contributed by atoms with van der Waals surface area (Å²) in [6.07, 6.45) is -0.240. The number of hydrogen-bond donors (Lipinski definition) is 2. The highest BCUT2D eigenvalue weighted by atomic mass is 16.5. The second-order valence-electron chi connectivity index (χ2n) is 5.55. The highest BCUT2D eigenvalue weighted by molar-refractivity contribution is 5.94. The van der Waals surface area contributed by atoms with Crippen LogP contribution in [0.5, 0.6) is 5.75 Å². The highest BCUT2D eigenvalue weighted by Gasteiger charge is 2.27. The molecule has 6 nitrogen and oxygen atoms in total. The summed E-state index contributed by atoms with van der Waals surface area (Å²) in [5.41, 5.74) is 0.484. The van der Waals surface area contributed by atoms with Crippen LogP contribution in [0.2, 0.25) is 0 Å². The van der Waals surface area contributed by atoms with Crippen molar-refractivity contribution in [3.05, 3.63) is 29.8 Å². The zero-order valence-corrected chi connectivity index (χ0v) is 13.8. The van der Waals surface area contributed by atoms with Gasteiger partial charge in [-0.1, -0.05) is 32.4 Å². The van der Waals surface area contributed by atoms with Crippen LogP contribution in [0.4, 0.5) is 0 Å². The zero-order chi connectivity index (χ0) is 17.6. The molecule has 0 unspecified atom stereocenters. The van der Waals surface area contributed by atoms with Crippen LogP contribution >= 0.6 is 0 Å². The molecule has 0 heterocycles. The molecule has 3 atom stereocenters. The fraction of sp³-hybridized carbons (Fsp3) is 0.471. The summed E-state index contributed by atoms with van der Waals surface area (Å²) in [5, 5.41) is 11.7. The summed E-state index contributed by atoms with van der Waals surface area (Å²) >= 11 is 0. The lowest BCUT2D eigenvalue weighted by molar-refractivity contribution is -0.144. The Balaban J connectivity index is 2.75. The van der Waals surface area contributed by atoms with E-state index in [0.29, 0.717) is 17.7 Å². The van der Waals surface area contributed by atoms with Crippen molar-refractivity contribution in [1.29, 1.82) is 0 Å². The van der Waals surface area contributed by atoms with E-state index in [4.69, 9.17) is 4.74 Å². The Bertz CT molecular complexity index is 584. The number of aliphatic carboxylic acids is 1. The summed E-state index contributed by atoms with van der Waals surface area (Å²) in [4.78, 5) is 34.7. The van der Waals surface area contributed by atoms with Crippen LogP contribution in [0.15, 0.2) is 24.3 Å². The van der Waals surface area contributed by atoms with E-state index < -0.39 is 24.0 Å². The van der Waals surface area contributed by atoms with Gasteiger partial charge in [-0.2, -0.15) is 0 Å². The molecule has 1 aromatic rings. The number of Topliss-reactive ketones (excluding diaryl/α,β-unsaturated/α-hetero) is 1. The van der Waals surface area contributed by atoms with Crippen molar-refractivity contribution in [2.75, 3.05) is 0 Å². The number of benzene rings is 1. The number of nitrogens with one attached hydrogen (secondary N) is 1. The molecule has 0 aromatic heterocycles. The second kappa shape index (κ2) is 8.31. The van der Waals surface area contributed by atoms with E-state index >= 15 is 0 Å². The van der Waals surface area contributed by atoms with Gasteiger partial charge in [0.15, 0.2) is 11.9 Å². The number of hydrogen-bond acceptors (Lipinski definition) is 4. The summed E-state index contributed by atoms with van der Waals surface area (Å²) < 4.78 is 5.50. The first kappa shape index (κ1) is 18.7. The van der Waals surface area contributed by atoms with Crippen LogP contribution in [0.25, 0.3) is 0 Å². The van der Waals surface area contributed by atoms with E-state index in [1.54, 1.807) is 31.2 Å². The first-order chi connectivity index (χ1) is 10.8. The fourth-order valence-electron chi connectivity index (χ4n) is 2.00. The molecular weight excluding hydrogens is 298 g/mol. The predicted molar refractivity (Wildman–Crippen MR) is 85.6 cm³/mol. The summed E-state index contributed by atoms with van der Waals surface area (Å²) in [5.74, 6) is -1.49. The minimum atomic E-state index is -1.07. The van der Waals surface area contributed by atoms with Crippen molar-refractivity contribution in [3.8, 4) is 5.75 Å². The normalized spacial score (nSPS) is 14.4. The third-order valence-electron chi connectivity index (χ3n) is 3.70. The van der Waals surface area contributed by atoms with Crippen molar-refractivity contribution in [2.45, 2.75) is 46.3 Å². The molecular formula is C17H23NO5. The molecule has 0 saturated heterocycles. The van der Waals surface area contributed by atoms with Gasteiger partial charge in [0.2, 0.25) is 0 Å². The lowest BCUT2D eigenvalue weighted by Crippen LogP contribution is -2.49. The average Bonchev–Trinajstić information content (AvgIpc) is 2.51. The number of amides is 1. The topological polar surface area (TPSA) is 92.7 Å². The van der Waals surface area contributed by atoms with Crippen molar-refractivity contribution in [2.24, 2.45) is 5.92 Å². The molecule has 0 aliphatic carbocycles. The van der Waals surface area contributed by atoms with Gasteiger partial charge in [-0.15, -0.1) is 0 Å². The first-order valence-electron chi connectivity index (χ1n) is 7.57. The van der Waals surface area contributed by atoms with Crippen LogP contribution < -0.4 is 10.1 Å². The van der Waals surface area contributed by atoms with E-state index in [0.717, 1.165) is 0 Å². The summed E-state index contributed by atoms with van der Waals surface area (Å²) in [7, 11) is 0. The minimum Gasteiger partial charge on any atom is -0.481 e. The van der Waals surface area contributed by atoms with Crippen molar-refractivity contribution >= 4 is 17.7 Å². The molecule has 1 amide bonds. The number of carboxylic acids is 1. The second-order valence-corrected chi connectivity index (χ2v) is 5.55. The van der Waals surface area contributed by atoms with E-state index in [1.165, 1.54) is 13.8 Å². The molecule has 0 spiro atoms. The van der Waals surface area contributed by atoms with Gasteiger partial charge in [-0.05, 0) is 31.9 Å². The van der Waals surface area contributed by atoms with Crippen LogP contribution in [-0.4, -0.2) is 34.9 Å². The molecule has 0 saturated carbocycles. The highest BCUT2D eigenvalue weighted by Crippen LogP contribution is 2.16. The molecule has 1 aromatic carbocycles. The molecule has 0 aliphatic rings. The lowest BCUT2D eigenvalue weighted by Gasteiger charge is -2.22. The zero-order valence-electron chi connectivity index (χ0n) is 13.8. The average molecular weight is 321 g/mol. The summed E-state index contributed by atoms with van der Waals surface area (Å²) in [6, 6.07) is 5.55. The van der Waals surface area contributed by atoms with Gasteiger partial charge >= 0.3 is 5.97 Å². The number of carbonyl (C=O) groups excluding carboxylic acids is 2. The van der Waals surface area contributed by atoms with Crippen molar-refractivity contribution in [1.82, 2.24) is 5.32 Å². The maximum Gasteiger partial charge on any atom is 0.326 e. The lowest BCUT2D eigenvalue weighted by atomic mass is 9.99. The van der Waals surface area contributed by atoms with E-state index in [2.05, 4.69) is 5.32 Å². The molecule has 0 aliphatic heterocycles. The molecule has 0 fully saturated rings. The van der Waals surface area contributed by atoms with Crippen LogP contribution in [0, 0.1) is 5.92 Å². The Labute approximate surface area is 135 Å². The van der Waals surface area contributed by atoms with E-state index in [9.17, 15) is 19.5 Å². The SMILES string of the molecule is CC[C@H](C)[C@H](NC(=O)[C@H](C)Oc1cccc(C(C)=O)c1)C(=O)O. The number of carboxylic acid groups (broad SMARTS) is 1. The quantitative estimate of drug-likeness (QED) is 0.717. The molecule has 0 bridgehead atoms. The Morgan fingerprint density at radius 3 is 2.43 bits per heavy atom. The molecule has 0 radical (unpaired) electrons. The minimum absolute atomic E-state index is 0.102. The Hall–Kier alpha value is -2.37. The number of ketones is 1. The maximum atomic E-state index is 12.1. The molecule has 1 rings (SSSR count). The largest absolute Gasteiger partial charge is 0.481 e. The van der Waals surface area contributed by atoms with E-state index in [1.807, 2.05) is 6.92 Å². The predicted octanol–water partition coefficient (Wildman–Crippen LogP) is 2.27. The number of ether oxygens (including phenoxy) is 1. The Kier molecular flexibility index (Phi) is 6.75. The Morgan fingerprint density at radius 2 is 1.91 bits per heavy atom. The molecule has 2 N–H and O–H groups in total. The number of carbonyl (C=O) groups is 3. The van der Waals surface area contributed by atoms with Crippen molar-refractivity contribution in [3.63, 3.8) is 0 Å². The van der Waals surface area contributed by atoms with Gasteiger partial charge in [-0.3, -0.25) is 9.59 Å². The monoisotopic (exact) mass is 321 g/mol. The van der Waals surface area contributed by atoms with Gasteiger partial charge in [0.1, 0.15) is 11.8 Å². The van der Waals surface area contributed by atoms with Gasteiger partial charge < -0.3 is 15.2 Å². The van der Waals surface area contributed by atoms with Gasteiger partial charge in [0, 0.05) is 5.56 Å². The third-order valence-corrected chi connectivity index (χ3v) is 3.70. The smallest absolute Gasteiger partial charge is 0.326 e. The van der Waals surface area contributed by atoms with Gasteiger partial charge in [-0.25, -0.2) is 4.79 Å². The van der Waals surface area contributed by atoms with E-state index in [-0.39, 0.29) is 11.7 Å². The van der Waals surface area contributed by atoms with Gasteiger partial charge in [0.05, 0.1) is 0 Å². The number of rotatable bonds is 8. The fourth-order valence-corrected chi connectivity index (χ4v) is 2.00. The molecule has 23 heavy (non-hydrogen) atoms. The molecule has 6 heteroatoms. The van der Waals surface area contributed by atoms with Crippen LogP contribution in [0.3, 0.4) is 0 Å². The Morgan fingerprint density at radius 1 is 1.26 bits per heavy atom. The molecule has 126 valence electrons. The first-order valence-corrected chi connectivity index (χ1v) is 7.57. The summed E-state index contributed by atoms with van der Waals surface area (Å²) in [6.45, 7) is 6.60. The maximum absolute atomic E-state index is 12.1. The third kappa shape index (κ3) is 5.39. The van der Waals surface area contributed by atoms with Gasteiger partial charge in [0.25, 0.3) is 5.91 Å². The van der Waals surface area contributed by atoms with Crippen molar-refractivity contribution < 1.29 is 24.2 Å².